The first kappa shape index (κ1) is 44.5. The number of carbonyl (C=O) groups is 3. The van der Waals surface area contributed by atoms with E-state index in [0.717, 1.165) is 38.5 Å². The Morgan fingerprint density at radius 2 is 0.957 bits per heavy atom. The summed E-state index contributed by atoms with van der Waals surface area (Å²) in [5, 5.41) is 10.8. The van der Waals surface area contributed by atoms with Gasteiger partial charge in [0.25, 0.3) is 7.82 Å². The fraction of sp³-hybridized carbons (Fsp3) is 0.912. The second-order valence-electron chi connectivity index (χ2n) is 12.4. The molecule has 0 aliphatic carbocycles. The average molecular weight is 679 g/mol. The quantitative estimate of drug-likeness (QED) is 0.0504. The van der Waals surface area contributed by atoms with Crippen LogP contribution in [0.3, 0.4) is 0 Å². The Balaban J connectivity index is 4.46. The highest BCUT2D eigenvalue weighted by Crippen LogP contribution is 2.38. The van der Waals surface area contributed by atoms with Crippen LogP contribution in [-0.2, 0) is 37.5 Å². The first-order valence-corrected chi connectivity index (χ1v) is 19.6. The maximum atomic E-state index is 12.5. The van der Waals surface area contributed by atoms with Crippen LogP contribution in [0.1, 0.15) is 168 Å². The molecule has 0 saturated heterocycles. The van der Waals surface area contributed by atoms with Gasteiger partial charge in [0.1, 0.15) is 25.2 Å². The monoisotopic (exact) mass is 678 g/mol. The van der Waals surface area contributed by atoms with Gasteiger partial charge in [0.05, 0.1) is 6.61 Å². The Labute approximate surface area is 278 Å². The number of carboxylic acids is 1. The number of hydrogen-bond donors (Lipinski definition) is 1. The summed E-state index contributed by atoms with van der Waals surface area (Å²) < 4.78 is 32.1. The molecular formula is C34H65NO10P-. The molecule has 0 heterocycles. The molecule has 272 valence electrons. The zero-order chi connectivity index (χ0) is 34.3. The van der Waals surface area contributed by atoms with Crippen LogP contribution in [-0.4, -0.2) is 49.9 Å². The van der Waals surface area contributed by atoms with Gasteiger partial charge in [0, 0.05) is 12.8 Å². The molecule has 0 fully saturated rings. The van der Waals surface area contributed by atoms with Crippen molar-refractivity contribution in [3.05, 3.63) is 0 Å². The molecule has 0 aliphatic heterocycles. The molecule has 12 heteroatoms. The van der Waals surface area contributed by atoms with Crippen molar-refractivity contribution in [2.75, 3.05) is 19.8 Å². The van der Waals surface area contributed by atoms with Crippen molar-refractivity contribution in [1.29, 1.82) is 0 Å². The molecule has 0 rings (SSSR count). The Morgan fingerprint density at radius 3 is 1.37 bits per heavy atom. The highest BCUT2D eigenvalue weighted by molar-refractivity contribution is 7.45. The molecule has 3 N–H and O–H groups in total. The van der Waals surface area contributed by atoms with E-state index in [1.165, 1.54) is 89.9 Å². The van der Waals surface area contributed by atoms with Crippen molar-refractivity contribution >= 4 is 25.7 Å². The number of aliphatic carboxylic acids is 1. The van der Waals surface area contributed by atoms with E-state index in [9.17, 15) is 28.9 Å². The first-order chi connectivity index (χ1) is 22.1. The van der Waals surface area contributed by atoms with Crippen LogP contribution >= 0.6 is 7.82 Å². The van der Waals surface area contributed by atoms with Crippen LogP contribution in [0.2, 0.25) is 0 Å². The van der Waals surface area contributed by atoms with Gasteiger partial charge >= 0.3 is 11.9 Å². The number of phosphoric ester groups is 1. The van der Waals surface area contributed by atoms with Crippen LogP contribution in [0.4, 0.5) is 0 Å². The minimum Gasteiger partial charge on any atom is -0.756 e. The number of quaternary nitrogens is 1. The minimum atomic E-state index is -4.93. The topological polar surface area (TPSA) is 179 Å². The smallest absolute Gasteiger partial charge is 0.306 e. The molecule has 0 aromatic heterocycles. The van der Waals surface area contributed by atoms with Crippen LogP contribution in [0.15, 0.2) is 0 Å². The van der Waals surface area contributed by atoms with E-state index in [1.54, 1.807) is 0 Å². The van der Waals surface area contributed by atoms with Gasteiger partial charge in [0.2, 0.25) is 0 Å². The molecule has 0 bridgehead atoms. The Bertz CT molecular complexity index is 813. The molecule has 0 spiro atoms. The van der Waals surface area contributed by atoms with E-state index in [-0.39, 0.29) is 19.4 Å². The molecule has 0 saturated carbocycles. The molecule has 46 heavy (non-hydrogen) atoms. The maximum Gasteiger partial charge on any atom is 0.306 e. The van der Waals surface area contributed by atoms with Crippen LogP contribution in [0, 0.1) is 0 Å². The summed E-state index contributed by atoms with van der Waals surface area (Å²) in [5.41, 5.74) is 3.23. The maximum absolute atomic E-state index is 12.5. The molecule has 1 unspecified atom stereocenters. The fourth-order valence-electron chi connectivity index (χ4n) is 4.95. The van der Waals surface area contributed by atoms with Crippen LogP contribution < -0.4 is 15.7 Å². The summed E-state index contributed by atoms with van der Waals surface area (Å²) in [6.07, 6.45) is 24.5. The molecule has 11 nitrogen and oxygen atoms in total. The summed E-state index contributed by atoms with van der Waals surface area (Å²) in [4.78, 5) is 47.7. The van der Waals surface area contributed by atoms with Gasteiger partial charge in [-0.1, -0.05) is 142 Å². The molecule has 0 aromatic rings. The molecule has 0 aromatic carbocycles. The molecule has 0 amide bonds. The summed E-state index contributed by atoms with van der Waals surface area (Å²) in [7, 11) is -4.93. The number of phosphoric acid groups is 1. The summed E-state index contributed by atoms with van der Waals surface area (Å²) in [6, 6.07) is -1.42. The molecule has 0 radical (unpaired) electrons. The van der Waals surface area contributed by atoms with Gasteiger partial charge < -0.3 is 39.0 Å². The van der Waals surface area contributed by atoms with E-state index < -0.39 is 51.1 Å². The highest BCUT2D eigenvalue weighted by Gasteiger charge is 2.22. The normalized spacial score (nSPS) is 14.0. The third-order valence-corrected chi connectivity index (χ3v) is 8.81. The predicted octanol–water partition coefficient (Wildman–Crippen LogP) is 5.71. The number of unbranched alkanes of at least 4 members (excludes halogenated alkanes) is 20. The number of hydrogen-bond acceptors (Lipinski definition) is 10. The fourth-order valence-corrected chi connectivity index (χ4v) is 5.73. The second kappa shape index (κ2) is 30.8. The van der Waals surface area contributed by atoms with E-state index >= 15 is 0 Å². The zero-order valence-corrected chi connectivity index (χ0v) is 29.9. The van der Waals surface area contributed by atoms with E-state index in [1.807, 2.05) is 0 Å². The number of ether oxygens (including phenoxy) is 2. The Hall–Kier alpha value is -1.52. The Morgan fingerprint density at radius 1 is 0.587 bits per heavy atom. The van der Waals surface area contributed by atoms with Crippen molar-refractivity contribution < 1.29 is 53.2 Å². The van der Waals surface area contributed by atoms with Gasteiger partial charge in [0.15, 0.2) is 6.10 Å². The van der Waals surface area contributed by atoms with Crippen LogP contribution in [0.25, 0.3) is 0 Å². The first-order valence-electron chi connectivity index (χ1n) is 18.1. The predicted molar refractivity (Wildman–Crippen MR) is 174 cm³/mol. The van der Waals surface area contributed by atoms with Crippen molar-refractivity contribution in [1.82, 2.24) is 0 Å². The largest absolute Gasteiger partial charge is 0.756 e. The molecule has 0 aliphatic rings. The second-order valence-corrected chi connectivity index (χ2v) is 13.8. The standard InChI is InChI=1S/C34H66NO10P/c1-3-5-7-9-11-13-15-17-19-21-23-25-32(36)42-27-30(28-43-46(40,41)44-29-31(35)34(38)39)45-33(37)26-24-22-20-18-16-14-12-10-8-6-4-2/h30-31H,3-29,35H2,1-2H3,(H,38,39)(H,40,41)/p-1/t30-,31+/m1/s1. The van der Waals surface area contributed by atoms with E-state index in [0.29, 0.717) is 12.8 Å². The lowest BCUT2D eigenvalue weighted by molar-refractivity contribution is -0.441. The van der Waals surface area contributed by atoms with Gasteiger partial charge in [-0.25, -0.2) is 0 Å². The van der Waals surface area contributed by atoms with Gasteiger partial charge in [-0.05, 0) is 12.8 Å². The average Bonchev–Trinajstić information content (AvgIpc) is 3.02. The highest BCUT2D eigenvalue weighted by atomic mass is 31.2. The lowest BCUT2D eigenvalue weighted by Gasteiger charge is -2.26. The summed E-state index contributed by atoms with van der Waals surface area (Å²) in [5.74, 6) is -2.57. The number of esters is 2. The third kappa shape index (κ3) is 29.9. The number of rotatable bonds is 34. The molecule has 3 atom stereocenters. The zero-order valence-electron chi connectivity index (χ0n) is 29.0. The van der Waals surface area contributed by atoms with Gasteiger partial charge in [-0.15, -0.1) is 0 Å². The summed E-state index contributed by atoms with van der Waals surface area (Å²) >= 11 is 0. The van der Waals surface area contributed by atoms with Crippen molar-refractivity contribution in [2.24, 2.45) is 0 Å². The van der Waals surface area contributed by atoms with E-state index in [2.05, 4.69) is 24.1 Å². The summed E-state index contributed by atoms with van der Waals surface area (Å²) in [6.45, 7) is 2.67. The Kier molecular flexibility index (Phi) is 29.8. The van der Waals surface area contributed by atoms with Crippen molar-refractivity contribution in [3.63, 3.8) is 0 Å². The third-order valence-electron chi connectivity index (χ3n) is 7.88. The van der Waals surface area contributed by atoms with Crippen LogP contribution in [0.5, 0.6) is 0 Å². The number of carboxylic acid groups (broad SMARTS) is 1. The van der Waals surface area contributed by atoms with Crippen molar-refractivity contribution in [2.45, 2.75) is 180 Å². The van der Waals surface area contributed by atoms with Gasteiger partial charge in [-0.2, -0.15) is 0 Å². The SMILES string of the molecule is CCCCCCCCCCCCCC(=O)OC[C@H](COP(=O)([O-])OC[C@H]([NH3+])C(=O)[O-])OC(=O)CCCCCCCCCCCCC. The number of carbonyl (C=O) groups excluding carboxylic acids is 3. The minimum absolute atomic E-state index is 0.153. The van der Waals surface area contributed by atoms with Gasteiger partial charge in [-0.3, -0.25) is 14.2 Å². The molecular weight excluding hydrogens is 613 g/mol. The van der Waals surface area contributed by atoms with E-state index in [4.69, 9.17) is 14.0 Å². The lowest BCUT2D eigenvalue weighted by Crippen LogP contribution is -2.70. The lowest BCUT2D eigenvalue weighted by atomic mass is 10.1. The van der Waals surface area contributed by atoms with Crippen molar-refractivity contribution in [3.8, 4) is 0 Å².